The van der Waals surface area contributed by atoms with Crippen LogP contribution in [0.2, 0.25) is 5.02 Å². The Kier molecular flexibility index (Phi) is 4.54. The molecule has 1 atom stereocenters. The molecule has 112 valence electrons. The minimum atomic E-state index is -0.222. The third kappa shape index (κ3) is 3.43. The predicted molar refractivity (Wildman–Crippen MR) is 82.2 cm³/mol. The molecule has 3 rings (SSSR count). The van der Waals surface area contributed by atoms with Crippen LogP contribution in [0.5, 0.6) is 0 Å². The molecular weight excluding hydrogens is 311 g/mol. The van der Waals surface area contributed by atoms with Crippen molar-refractivity contribution >= 4 is 22.9 Å². The number of aromatic nitrogens is 1. The van der Waals surface area contributed by atoms with E-state index in [1.807, 2.05) is 12.3 Å². The molecule has 6 heteroatoms. The van der Waals surface area contributed by atoms with E-state index in [0.29, 0.717) is 30.3 Å². The minimum absolute atomic E-state index is 0.0795. The fourth-order valence-corrected chi connectivity index (χ4v) is 3.57. The van der Waals surface area contributed by atoms with Gasteiger partial charge in [0, 0.05) is 34.7 Å². The predicted octanol–water partition coefficient (Wildman–Crippen LogP) is 3.82. The Balaban J connectivity index is 1.83. The molecule has 0 bridgehead atoms. The largest absolute Gasteiger partial charge is 0.378 e. The Hall–Kier alpha value is -1.01. The minimum Gasteiger partial charge on any atom is -0.378 e. The molecule has 1 aromatic heterocycles. The van der Waals surface area contributed by atoms with Crippen molar-refractivity contribution in [1.82, 2.24) is 9.88 Å². The van der Waals surface area contributed by atoms with Gasteiger partial charge in [-0.2, -0.15) is 0 Å². The Morgan fingerprint density at radius 3 is 3.14 bits per heavy atom. The number of ether oxygens (including phenoxy) is 1. The summed E-state index contributed by atoms with van der Waals surface area (Å²) in [5.74, 6) is -0.222. The first-order valence-corrected chi connectivity index (χ1v) is 8.07. The molecule has 3 nitrogen and oxygen atoms in total. The van der Waals surface area contributed by atoms with Crippen LogP contribution in [0.15, 0.2) is 23.6 Å². The molecule has 0 spiro atoms. The molecule has 0 radical (unpaired) electrons. The van der Waals surface area contributed by atoms with Gasteiger partial charge in [0.1, 0.15) is 10.8 Å². The van der Waals surface area contributed by atoms with Gasteiger partial charge >= 0.3 is 0 Å². The zero-order valence-electron chi connectivity index (χ0n) is 11.7. The van der Waals surface area contributed by atoms with E-state index < -0.39 is 0 Å². The Morgan fingerprint density at radius 2 is 2.38 bits per heavy atom. The SMILES string of the molecule is Cc1csc(C2COCCN2Cc2cc(Cl)ccc2F)n1. The first kappa shape index (κ1) is 14.9. The summed E-state index contributed by atoms with van der Waals surface area (Å²) in [4.78, 5) is 6.75. The molecule has 1 aromatic carbocycles. The molecular formula is C15H16ClFN2OS. The van der Waals surface area contributed by atoms with Crippen molar-refractivity contribution in [2.24, 2.45) is 0 Å². The highest BCUT2D eigenvalue weighted by Crippen LogP contribution is 2.29. The Labute approximate surface area is 132 Å². The lowest BCUT2D eigenvalue weighted by Crippen LogP contribution is -2.39. The van der Waals surface area contributed by atoms with Gasteiger partial charge in [-0.15, -0.1) is 11.3 Å². The molecule has 2 aromatic rings. The second kappa shape index (κ2) is 6.40. The number of halogens is 2. The van der Waals surface area contributed by atoms with Gasteiger partial charge in [0.2, 0.25) is 0 Å². The molecule has 0 N–H and O–H groups in total. The van der Waals surface area contributed by atoms with Gasteiger partial charge in [-0.25, -0.2) is 9.37 Å². The van der Waals surface area contributed by atoms with Crippen LogP contribution in [0.1, 0.15) is 22.3 Å². The first-order valence-electron chi connectivity index (χ1n) is 6.81. The third-order valence-electron chi connectivity index (χ3n) is 3.54. The van der Waals surface area contributed by atoms with Crippen molar-refractivity contribution in [1.29, 1.82) is 0 Å². The summed E-state index contributed by atoms with van der Waals surface area (Å²) in [6.45, 7) is 4.50. The van der Waals surface area contributed by atoms with Gasteiger partial charge in [0.05, 0.1) is 19.3 Å². The van der Waals surface area contributed by atoms with Crippen LogP contribution in [0.3, 0.4) is 0 Å². The van der Waals surface area contributed by atoms with Crippen molar-refractivity contribution < 1.29 is 9.13 Å². The standard InChI is InChI=1S/C15H16ClFN2OS/c1-10-9-21-15(18-10)14-8-20-5-4-19(14)7-11-6-12(16)2-3-13(11)17/h2-3,6,9,14H,4-5,7-8H2,1H3. The summed E-state index contributed by atoms with van der Waals surface area (Å²) in [6, 6.07) is 4.76. The van der Waals surface area contributed by atoms with Crippen molar-refractivity contribution in [3.8, 4) is 0 Å². The lowest BCUT2D eigenvalue weighted by molar-refractivity contribution is -0.0132. The average Bonchev–Trinajstić information content (AvgIpc) is 2.90. The lowest BCUT2D eigenvalue weighted by atomic mass is 10.1. The van der Waals surface area contributed by atoms with Crippen LogP contribution in [-0.4, -0.2) is 29.6 Å². The smallest absolute Gasteiger partial charge is 0.127 e. The molecule has 1 aliphatic heterocycles. The lowest BCUT2D eigenvalue weighted by Gasteiger charge is -2.34. The maximum absolute atomic E-state index is 13.9. The number of nitrogens with zero attached hydrogens (tertiary/aromatic N) is 2. The molecule has 1 unspecified atom stereocenters. The summed E-state index contributed by atoms with van der Waals surface area (Å²) in [5, 5.41) is 3.61. The maximum atomic E-state index is 13.9. The van der Waals surface area contributed by atoms with Crippen molar-refractivity contribution in [2.75, 3.05) is 19.8 Å². The second-order valence-corrected chi connectivity index (χ2v) is 6.45. The van der Waals surface area contributed by atoms with E-state index in [2.05, 4.69) is 9.88 Å². The van der Waals surface area contributed by atoms with Gasteiger partial charge in [-0.05, 0) is 25.1 Å². The molecule has 2 heterocycles. The maximum Gasteiger partial charge on any atom is 0.127 e. The monoisotopic (exact) mass is 326 g/mol. The van der Waals surface area contributed by atoms with Crippen LogP contribution in [0.25, 0.3) is 0 Å². The number of benzene rings is 1. The normalized spacial score (nSPS) is 19.9. The third-order valence-corrected chi connectivity index (χ3v) is 4.84. The molecule has 1 aliphatic rings. The number of hydrogen-bond acceptors (Lipinski definition) is 4. The number of morpholine rings is 1. The van der Waals surface area contributed by atoms with E-state index in [4.69, 9.17) is 16.3 Å². The molecule has 21 heavy (non-hydrogen) atoms. The molecule has 1 saturated heterocycles. The van der Waals surface area contributed by atoms with Gasteiger partial charge in [0.25, 0.3) is 0 Å². The van der Waals surface area contributed by atoms with E-state index in [1.165, 1.54) is 6.07 Å². The van der Waals surface area contributed by atoms with E-state index in [9.17, 15) is 4.39 Å². The first-order chi connectivity index (χ1) is 10.1. The van der Waals surface area contributed by atoms with Crippen molar-refractivity contribution in [3.63, 3.8) is 0 Å². The summed E-state index contributed by atoms with van der Waals surface area (Å²) < 4.78 is 19.5. The van der Waals surface area contributed by atoms with Gasteiger partial charge in [-0.3, -0.25) is 4.90 Å². The quantitative estimate of drug-likeness (QED) is 0.857. The highest BCUT2D eigenvalue weighted by atomic mass is 35.5. The average molecular weight is 327 g/mol. The van der Waals surface area contributed by atoms with E-state index in [1.54, 1.807) is 23.5 Å². The van der Waals surface area contributed by atoms with Crippen LogP contribution in [0, 0.1) is 12.7 Å². The van der Waals surface area contributed by atoms with Crippen LogP contribution >= 0.6 is 22.9 Å². The topological polar surface area (TPSA) is 25.4 Å². The van der Waals surface area contributed by atoms with E-state index >= 15 is 0 Å². The zero-order valence-corrected chi connectivity index (χ0v) is 13.3. The van der Waals surface area contributed by atoms with Crippen LogP contribution in [0.4, 0.5) is 4.39 Å². The Morgan fingerprint density at radius 1 is 1.52 bits per heavy atom. The second-order valence-electron chi connectivity index (χ2n) is 5.12. The summed E-state index contributed by atoms with van der Waals surface area (Å²) in [5.41, 5.74) is 1.62. The number of hydrogen-bond donors (Lipinski definition) is 0. The number of aryl methyl sites for hydroxylation is 1. The summed E-state index contributed by atoms with van der Waals surface area (Å²) in [7, 11) is 0. The van der Waals surface area contributed by atoms with E-state index in [-0.39, 0.29) is 11.9 Å². The molecule has 1 fully saturated rings. The summed E-state index contributed by atoms with van der Waals surface area (Å²) >= 11 is 7.60. The fraction of sp³-hybridized carbons (Fsp3) is 0.400. The summed E-state index contributed by atoms with van der Waals surface area (Å²) in [6.07, 6.45) is 0. The Bertz CT molecular complexity index is 634. The van der Waals surface area contributed by atoms with E-state index in [0.717, 1.165) is 17.2 Å². The zero-order chi connectivity index (χ0) is 14.8. The van der Waals surface area contributed by atoms with Crippen molar-refractivity contribution in [3.05, 3.63) is 50.7 Å². The molecule has 0 amide bonds. The number of thiazole rings is 1. The van der Waals surface area contributed by atoms with Gasteiger partial charge < -0.3 is 4.74 Å². The van der Waals surface area contributed by atoms with Crippen LogP contribution < -0.4 is 0 Å². The number of rotatable bonds is 3. The molecule has 0 saturated carbocycles. The fourth-order valence-electron chi connectivity index (χ4n) is 2.46. The highest BCUT2D eigenvalue weighted by Gasteiger charge is 2.27. The van der Waals surface area contributed by atoms with Gasteiger partial charge in [-0.1, -0.05) is 11.6 Å². The van der Waals surface area contributed by atoms with Crippen molar-refractivity contribution in [2.45, 2.75) is 19.5 Å². The highest BCUT2D eigenvalue weighted by molar-refractivity contribution is 7.09. The van der Waals surface area contributed by atoms with Gasteiger partial charge in [0.15, 0.2) is 0 Å². The molecule has 0 aliphatic carbocycles. The van der Waals surface area contributed by atoms with Crippen LogP contribution in [-0.2, 0) is 11.3 Å².